The molecular weight excluding hydrogens is 412 g/mol. The minimum atomic E-state index is -1.73. The van der Waals surface area contributed by atoms with Gasteiger partial charge in [0.05, 0.1) is 13.7 Å². The van der Waals surface area contributed by atoms with E-state index in [1.165, 1.54) is 7.11 Å². The van der Waals surface area contributed by atoms with Crippen molar-refractivity contribution in [1.29, 1.82) is 0 Å². The summed E-state index contributed by atoms with van der Waals surface area (Å²) in [5.41, 5.74) is 0.157. The van der Waals surface area contributed by atoms with E-state index in [1.54, 1.807) is 20.8 Å². The predicted octanol–water partition coefficient (Wildman–Crippen LogP) is 5.15. The highest BCUT2D eigenvalue weighted by molar-refractivity contribution is 6.74. The largest absolute Gasteiger partial charge is 0.494 e. The molecule has 0 saturated carbocycles. The molecule has 0 saturated heterocycles. The number of hydrogen-bond donors (Lipinski definition) is 0. The van der Waals surface area contributed by atoms with Gasteiger partial charge < -0.3 is 18.6 Å². The van der Waals surface area contributed by atoms with E-state index in [-0.39, 0.29) is 11.5 Å². The van der Waals surface area contributed by atoms with E-state index in [1.807, 2.05) is 24.3 Å². The molecule has 0 N–H and O–H groups in total. The molecule has 31 heavy (non-hydrogen) atoms. The highest BCUT2D eigenvalue weighted by atomic mass is 28.4. The topological polar surface area (TPSA) is 71.1 Å². The van der Waals surface area contributed by atoms with Gasteiger partial charge in [-0.2, -0.15) is 0 Å². The molecule has 0 amide bonds. The minimum absolute atomic E-state index is 0.199. The van der Waals surface area contributed by atoms with Crippen LogP contribution in [0.25, 0.3) is 0 Å². The molecule has 0 aliphatic heterocycles. The summed E-state index contributed by atoms with van der Waals surface area (Å²) < 4.78 is 22.1. The third kappa shape index (κ3) is 9.43. The van der Waals surface area contributed by atoms with E-state index >= 15 is 0 Å². The lowest BCUT2D eigenvalue weighted by molar-refractivity contribution is -0.168. The van der Waals surface area contributed by atoms with Crippen LogP contribution in [-0.2, 0) is 29.9 Å². The molecule has 0 fully saturated rings. The quantitative estimate of drug-likeness (QED) is 0.212. The van der Waals surface area contributed by atoms with Crippen molar-refractivity contribution in [3.8, 4) is 5.75 Å². The van der Waals surface area contributed by atoms with Crippen molar-refractivity contribution in [2.24, 2.45) is 5.92 Å². The summed E-state index contributed by atoms with van der Waals surface area (Å²) in [7, 11) is -0.456. The highest BCUT2D eigenvalue weighted by Gasteiger charge is 2.36. The second-order valence-corrected chi connectivity index (χ2v) is 15.1. The first kappa shape index (κ1) is 27.2. The molecule has 0 heterocycles. The van der Waals surface area contributed by atoms with Gasteiger partial charge in [-0.1, -0.05) is 32.9 Å². The zero-order valence-corrected chi connectivity index (χ0v) is 21.7. The molecular formula is C24H40O6Si. The van der Waals surface area contributed by atoms with Gasteiger partial charge in [-0.05, 0) is 63.0 Å². The number of carbonyl (C=O) groups is 2. The van der Waals surface area contributed by atoms with Gasteiger partial charge >= 0.3 is 11.9 Å². The molecule has 1 rings (SSSR count). The van der Waals surface area contributed by atoms with Crippen molar-refractivity contribution in [3.05, 3.63) is 29.8 Å². The fourth-order valence-electron chi connectivity index (χ4n) is 2.53. The van der Waals surface area contributed by atoms with Crippen molar-refractivity contribution < 1.29 is 28.2 Å². The Labute approximate surface area is 188 Å². The number of benzene rings is 1. The van der Waals surface area contributed by atoms with E-state index in [0.29, 0.717) is 13.2 Å². The summed E-state index contributed by atoms with van der Waals surface area (Å²) in [4.78, 5) is 24.5. The van der Waals surface area contributed by atoms with Gasteiger partial charge in [0.1, 0.15) is 11.4 Å². The Kier molecular flexibility index (Phi) is 9.76. The zero-order valence-electron chi connectivity index (χ0n) is 20.7. The summed E-state index contributed by atoms with van der Waals surface area (Å²) in [5, 5.41) is 0.199. The molecule has 1 atom stereocenters. The molecule has 0 aliphatic carbocycles. The van der Waals surface area contributed by atoms with Gasteiger partial charge in [0.25, 0.3) is 0 Å². The Morgan fingerprint density at radius 3 is 2.00 bits per heavy atom. The van der Waals surface area contributed by atoms with Crippen LogP contribution in [0.3, 0.4) is 0 Å². The molecule has 1 unspecified atom stereocenters. The molecule has 0 spiro atoms. The minimum Gasteiger partial charge on any atom is -0.494 e. The smallest absolute Gasteiger partial charge is 0.321 e. The lowest BCUT2D eigenvalue weighted by Crippen LogP contribution is -2.41. The number of rotatable bonds is 10. The van der Waals surface area contributed by atoms with E-state index in [0.717, 1.165) is 17.7 Å². The Morgan fingerprint density at radius 1 is 0.935 bits per heavy atom. The summed E-state index contributed by atoms with van der Waals surface area (Å²) in [5.74, 6) is -1.44. The second-order valence-electron chi connectivity index (χ2n) is 10.3. The first-order valence-electron chi connectivity index (χ1n) is 10.8. The monoisotopic (exact) mass is 452 g/mol. The second kappa shape index (κ2) is 11.1. The SMILES string of the molecule is COC(=O)C(Cc1ccc(OCCCO[Si](C)(C)C(C)(C)C)cc1)C(=O)OC(C)(C)C. The van der Waals surface area contributed by atoms with Gasteiger partial charge in [0.2, 0.25) is 0 Å². The lowest BCUT2D eigenvalue weighted by Gasteiger charge is -2.36. The summed E-state index contributed by atoms with van der Waals surface area (Å²) in [6.07, 6.45) is 1.03. The van der Waals surface area contributed by atoms with Crippen molar-refractivity contribution in [2.45, 2.75) is 78.1 Å². The Morgan fingerprint density at radius 2 is 1.52 bits per heavy atom. The summed E-state index contributed by atoms with van der Waals surface area (Å²) in [6, 6.07) is 7.38. The standard InChI is InChI=1S/C24H40O6Si/c1-23(2,3)30-22(26)20(21(25)27-7)17-18-11-13-19(14-12-18)28-15-10-16-29-31(8,9)24(4,5)6/h11-14,20H,10,15-17H2,1-9H3. The van der Waals surface area contributed by atoms with Crippen LogP contribution in [0.2, 0.25) is 18.1 Å². The molecule has 7 heteroatoms. The summed E-state index contributed by atoms with van der Waals surface area (Å²) >= 11 is 0. The Hall–Kier alpha value is -1.86. The van der Waals surface area contributed by atoms with E-state index in [4.69, 9.17) is 18.6 Å². The molecule has 0 bridgehead atoms. The average molecular weight is 453 g/mol. The van der Waals surface area contributed by atoms with Crippen molar-refractivity contribution in [1.82, 2.24) is 0 Å². The zero-order chi connectivity index (χ0) is 23.9. The molecule has 0 aliphatic rings. The molecule has 176 valence electrons. The summed E-state index contributed by atoms with van der Waals surface area (Å²) in [6.45, 7) is 17.7. The van der Waals surface area contributed by atoms with E-state index < -0.39 is 31.8 Å². The van der Waals surface area contributed by atoms with Gasteiger partial charge in [0.15, 0.2) is 14.2 Å². The number of carbonyl (C=O) groups excluding carboxylic acids is 2. The van der Waals surface area contributed by atoms with Crippen LogP contribution in [0.1, 0.15) is 53.5 Å². The van der Waals surface area contributed by atoms with Crippen LogP contribution < -0.4 is 4.74 Å². The molecule has 6 nitrogen and oxygen atoms in total. The maximum absolute atomic E-state index is 12.4. The third-order valence-electron chi connectivity index (χ3n) is 5.37. The number of ether oxygens (including phenoxy) is 3. The number of methoxy groups -OCH3 is 1. The molecule has 1 aromatic rings. The van der Waals surface area contributed by atoms with E-state index in [2.05, 4.69) is 33.9 Å². The van der Waals surface area contributed by atoms with Crippen LogP contribution in [0.15, 0.2) is 24.3 Å². The maximum Gasteiger partial charge on any atom is 0.321 e. The van der Waals surface area contributed by atoms with Gasteiger partial charge in [-0.15, -0.1) is 0 Å². The Balaban J connectivity index is 2.58. The average Bonchev–Trinajstić information content (AvgIpc) is 2.63. The third-order valence-corrected chi connectivity index (χ3v) is 9.90. The van der Waals surface area contributed by atoms with Crippen molar-refractivity contribution in [3.63, 3.8) is 0 Å². The fourth-order valence-corrected chi connectivity index (χ4v) is 3.62. The van der Waals surface area contributed by atoms with Crippen LogP contribution in [0.5, 0.6) is 5.75 Å². The van der Waals surface area contributed by atoms with Gasteiger partial charge in [0, 0.05) is 13.0 Å². The molecule has 1 aromatic carbocycles. The maximum atomic E-state index is 12.4. The predicted molar refractivity (Wildman–Crippen MR) is 125 cm³/mol. The van der Waals surface area contributed by atoms with Gasteiger partial charge in [-0.3, -0.25) is 9.59 Å². The van der Waals surface area contributed by atoms with Gasteiger partial charge in [-0.25, -0.2) is 0 Å². The van der Waals surface area contributed by atoms with Crippen LogP contribution >= 0.6 is 0 Å². The lowest BCUT2D eigenvalue weighted by atomic mass is 9.99. The molecule has 0 aromatic heterocycles. The highest BCUT2D eigenvalue weighted by Crippen LogP contribution is 2.36. The van der Waals surface area contributed by atoms with Crippen LogP contribution in [-0.4, -0.2) is 46.2 Å². The molecule has 0 radical (unpaired) electrons. The number of esters is 2. The normalized spacial score (nSPS) is 13.5. The fraction of sp³-hybridized carbons (Fsp3) is 0.667. The van der Waals surface area contributed by atoms with E-state index in [9.17, 15) is 9.59 Å². The van der Waals surface area contributed by atoms with Crippen molar-refractivity contribution >= 4 is 20.3 Å². The van der Waals surface area contributed by atoms with Crippen molar-refractivity contribution in [2.75, 3.05) is 20.3 Å². The van der Waals surface area contributed by atoms with Crippen LogP contribution in [0, 0.1) is 5.92 Å². The van der Waals surface area contributed by atoms with Crippen LogP contribution in [0.4, 0.5) is 0 Å². The first-order chi connectivity index (χ1) is 14.2. The number of hydrogen-bond acceptors (Lipinski definition) is 6. The Bertz CT molecular complexity index is 713. The first-order valence-corrected chi connectivity index (χ1v) is 13.7.